The van der Waals surface area contributed by atoms with E-state index >= 15 is 0 Å². The summed E-state index contributed by atoms with van der Waals surface area (Å²) in [4.78, 5) is 11.1. The van der Waals surface area contributed by atoms with Crippen LogP contribution in [0.1, 0.15) is 39.0 Å². The van der Waals surface area contributed by atoms with Gasteiger partial charge in [-0.2, -0.15) is 0 Å². The Morgan fingerprint density at radius 3 is 2.22 bits per heavy atom. The second-order valence-electron chi connectivity index (χ2n) is 6.22. The zero-order valence-corrected chi connectivity index (χ0v) is 11.6. The molecule has 3 nitrogen and oxygen atoms in total. The lowest BCUT2D eigenvalue weighted by atomic mass is 9.55. The number of esters is 1. The highest BCUT2D eigenvalue weighted by Crippen LogP contribution is 2.54. The van der Waals surface area contributed by atoms with Crippen molar-refractivity contribution >= 4 is 17.6 Å². The number of ether oxygens (including phenoxy) is 2. The Bertz CT molecular complexity index is 303. The molecule has 4 heteroatoms. The van der Waals surface area contributed by atoms with E-state index in [0.717, 1.165) is 11.8 Å². The number of rotatable bonds is 4. The molecule has 4 saturated carbocycles. The molecule has 0 radical (unpaired) electrons. The van der Waals surface area contributed by atoms with E-state index in [1.54, 1.807) is 6.92 Å². The van der Waals surface area contributed by atoms with Gasteiger partial charge in [0.05, 0.1) is 6.10 Å². The molecule has 4 bridgehead atoms. The van der Waals surface area contributed by atoms with Crippen molar-refractivity contribution in [2.75, 3.05) is 5.88 Å². The van der Waals surface area contributed by atoms with Crippen molar-refractivity contribution in [2.45, 2.75) is 51.4 Å². The van der Waals surface area contributed by atoms with E-state index in [1.807, 2.05) is 0 Å². The van der Waals surface area contributed by atoms with Gasteiger partial charge in [0, 0.05) is 0 Å². The maximum absolute atomic E-state index is 11.1. The van der Waals surface area contributed by atoms with Crippen LogP contribution in [0.15, 0.2) is 0 Å². The molecule has 0 N–H and O–H groups in total. The molecular weight excluding hydrogens is 252 g/mol. The minimum atomic E-state index is -0.459. The van der Waals surface area contributed by atoms with E-state index < -0.39 is 12.3 Å². The van der Waals surface area contributed by atoms with Gasteiger partial charge in [0.25, 0.3) is 0 Å². The van der Waals surface area contributed by atoms with Gasteiger partial charge in [0.2, 0.25) is 0 Å². The molecule has 0 saturated heterocycles. The van der Waals surface area contributed by atoms with Crippen LogP contribution in [0.25, 0.3) is 0 Å². The molecule has 0 heterocycles. The molecule has 4 aliphatic carbocycles. The normalized spacial score (nSPS) is 42.9. The van der Waals surface area contributed by atoms with Gasteiger partial charge >= 0.3 is 5.97 Å². The van der Waals surface area contributed by atoms with Gasteiger partial charge in [0.1, 0.15) is 5.88 Å². The monoisotopic (exact) mass is 272 g/mol. The standard InChI is InChI=1S/C14H21ClO3/c1-8(17-13(16)7-15)18-14-11-3-9-2-10(5-11)6-12(14)4-9/h8-12,14H,2-7H2,1H3. The van der Waals surface area contributed by atoms with Crippen LogP contribution in [-0.4, -0.2) is 24.2 Å². The highest BCUT2D eigenvalue weighted by Gasteiger charge is 2.49. The Kier molecular flexibility index (Phi) is 3.55. The van der Waals surface area contributed by atoms with Crippen LogP contribution in [0.2, 0.25) is 0 Å². The Hall–Kier alpha value is -0.280. The van der Waals surface area contributed by atoms with E-state index in [9.17, 15) is 4.79 Å². The summed E-state index contributed by atoms with van der Waals surface area (Å²) in [5.74, 6) is 2.76. The summed E-state index contributed by atoms with van der Waals surface area (Å²) >= 11 is 5.43. The van der Waals surface area contributed by atoms with E-state index in [4.69, 9.17) is 21.1 Å². The fraction of sp³-hybridized carbons (Fsp3) is 0.929. The third-order valence-corrected chi connectivity index (χ3v) is 5.11. The number of hydrogen-bond acceptors (Lipinski definition) is 3. The van der Waals surface area contributed by atoms with Gasteiger partial charge in [-0.25, -0.2) is 0 Å². The molecule has 0 aromatic heterocycles. The van der Waals surface area contributed by atoms with Crippen LogP contribution in [0.3, 0.4) is 0 Å². The number of carbonyl (C=O) groups is 1. The molecule has 0 spiro atoms. The highest BCUT2D eigenvalue weighted by molar-refractivity contribution is 6.26. The Morgan fingerprint density at radius 1 is 1.17 bits per heavy atom. The molecule has 0 aromatic rings. The van der Waals surface area contributed by atoms with Crippen molar-refractivity contribution in [1.82, 2.24) is 0 Å². The van der Waals surface area contributed by atoms with Crippen molar-refractivity contribution in [3.63, 3.8) is 0 Å². The van der Waals surface area contributed by atoms with Crippen molar-refractivity contribution in [2.24, 2.45) is 23.7 Å². The van der Waals surface area contributed by atoms with Crippen molar-refractivity contribution in [3.05, 3.63) is 0 Å². The second-order valence-corrected chi connectivity index (χ2v) is 6.49. The molecule has 1 unspecified atom stereocenters. The van der Waals surface area contributed by atoms with Crippen molar-refractivity contribution < 1.29 is 14.3 Å². The van der Waals surface area contributed by atoms with Gasteiger partial charge in [0.15, 0.2) is 6.29 Å². The third kappa shape index (κ3) is 2.39. The Labute approximate surface area is 113 Å². The smallest absolute Gasteiger partial charge is 0.323 e. The Morgan fingerprint density at radius 2 is 1.72 bits per heavy atom. The average Bonchev–Trinajstić information content (AvgIpc) is 2.32. The third-order valence-electron chi connectivity index (χ3n) is 4.90. The van der Waals surface area contributed by atoms with Crippen molar-refractivity contribution in [3.8, 4) is 0 Å². The van der Waals surface area contributed by atoms with Crippen LogP contribution in [-0.2, 0) is 14.3 Å². The van der Waals surface area contributed by atoms with Gasteiger partial charge in [-0.3, -0.25) is 4.79 Å². The maximum atomic E-state index is 11.1. The maximum Gasteiger partial charge on any atom is 0.323 e. The topological polar surface area (TPSA) is 35.5 Å². The first-order valence-electron chi connectivity index (χ1n) is 7.06. The molecule has 0 amide bonds. The molecule has 0 aliphatic heterocycles. The van der Waals surface area contributed by atoms with Crippen LogP contribution in [0.4, 0.5) is 0 Å². The van der Waals surface area contributed by atoms with E-state index in [1.165, 1.54) is 32.1 Å². The molecular formula is C14H21ClO3. The molecule has 4 aliphatic rings. The quantitative estimate of drug-likeness (QED) is 0.448. The molecule has 1 atom stereocenters. The summed E-state index contributed by atoms with van der Waals surface area (Å²) in [7, 11) is 0. The first kappa shape index (κ1) is 12.7. The first-order chi connectivity index (χ1) is 8.65. The van der Waals surface area contributed by atoms with Gasteiger partial charge < -0.3 is 9.47 Å². The highest BCUT2D eigenvalue weighted by atomic mass is 35.5. The van der Waals surface area contributed by atoms with Gasteiger partial charge in [-0.05, 0) is 62.7 Å². The zero-order valence-electron chi connectivity index (χ0n) is 10.8. The summed E-state index contributed by atoms with van der Waals surface area (Å²) in [6, 6.07) is 0. The fourth-order valence-electron chi connectivity index (χ4n) is 4.56. The van der Waals surface area contributed by atoms with E-state index in [0.29, 0.717) is 17.9 Å². The number of hydrogen-bond donors (Lipinski definition) is 0. The lowest BCUT2D eigenvalue weighted by Gasteiger charge is -2.54. The Balaban J connectivity index is 1.58. The predicted molar refractivity (Wildman–Crippen MR) is 68.2 cm³/mol. The average molecular weight is 273 g/mol. The number of carbonyl (C=O) groups excluding carboxylic acids is 1. The number of alkyl halides is 1. The molecule has 102 valence electrons. The summed E-state index contributed by atoms with van der Waals surface area (Å²) in [5.41, 5.74) is 0. The minimum absolute atomic E-state index is 0.102. The summed E-state index contributed by atoms with van der Waals surface area (Å²) < 4.78 is 11.1. The second kappa shape index (κ2) is 5.01. The predicted octanol–water partition coefficient (Wildman–Crippen LogP) is 2.96. The zero-order chi connectivity index (χ0) is 12.7. The van der Waals surface area contributed by atoms with E-state index in [2.05, 4.69) is 0 Å². The van der Waals surface area contributed by atoms with Crippen LogP contribution in [0.5, 0.6) is 0 Å². The number of halogens is 1. The molecule has 4 rings (SSSR count). The van der Waals surface area contributed by atoms with Crippen LogP contribution >= 0.6 is 11.6 Å². The summed E-state index contributed by atoms with van der Waals surface area (Å²) in [5, 5.41) is 0. The SMILES string of the molecule is CC(OC(=O)CCl)OC1C2CC3CC(C2)CC1C3. The minimum Gasteiger partial charge on any atom is -0.435 e. The molecule has 0 aromatic carbocycles. The van der Waals surface area contributed by atoms with Crippen molar-refractivity contribution in [1.29, 1.82) is 0 Å². The van der Waals surface area contributed by atoms with E-state index in [-0.39, 0.29) is 5.88 Å². The lowest BCUT2D eigenvalue weighted by molar-refractivity contribution is -0.217. The summed E-state index contributed by atoms with van der Waals surface area (Å²) in [6.07, 6.45) is 6.54. The summed E-state index contributed by atoms with van der Waals surface area (Å²) in [6.45, 7) is 1.80. The lowest BCUT2D eigenvalue weighted by Crippen LogP contribution is -2.50. The van der Waals surface area contributed by atoms with Crippen LogP contribution < -0.4 is 0 Å². The van der Waals surface area contributed by atoms with Crippen LogP contribution in [0, 0.1) is 23.7 Å². The molecule has 18 heavy (non-hydrogen) atoms. The van der Waals surface area contributed by atoms with Gasteiger partial charge in [-0.15, -0.1) is 11.6 Å². The van der Waals surface area contributed by atoms with Gasteiger partial charge in [-0.1, -0.05) is 0 Å². The largest absolute Gasteiger partial charge is 0.435 e. The fourth-order valence-corrected chi connectivity index (χ4v) is 4.63. The first-order valence-corrected chi connectivity index (χ1v) is 7.60. The molecule has 4 fully saturated rings.